The fourth-order valence-electron chi connectivity index (χ4n) is 5.87. The van der Waals surface area contributed by atoms with Gasteiger partial charge in [0.15, 0.2) is 0 Å². The molecule has 0 bridgehead atoms. The van der Waals surface area contributed by atoms with E-state index in [1.165, 1.54) is 83.5 Å². The molecule has 1 amide bonds. The Kier molecular flexibility index (Phi) is 19.3. The summed E-state index contributed by atoms with van der Waals surface area (Å²) in [6, 6.07) is 0. The maximum atomic E-state index is 13.2. The van der Waals surface area contributed by atoms with Crippen molar-refractivity contribution >= 4 is 11.9 Å². The lowest BCUT2D eigenvalue weighted by Crippen LogP contribution is -2.57. The van der Waals surface area contributed by atoms with Crippen LogP contribution in [0.2, 0.25) is 0 Å². The minimum atomic E-state index is -0.917. The van der Waals surface area contributed by atoms with E-state index in [0.29, 0.717) is 36.2 Å². The van der Waals surface area contributed by atoms with E-state index in [4.69, 9.17) is 0 Å². The lowest BCUT2D eigenvalue weighted by Gasteiger charge is -2.40. The number of hydrogen-bond donors (Lipinski definition) is 0. The number of carbonyl (C=O) groups excluding carboxylic acids is 2. The number of carbonyl (C=O) groups is 2. The third-order valence-corrected chi connectivity index (χ3v) is 8.34. The summed E-state index contributed by atoms with van der Waals surface area (Å²) in [5, 5.41) is 11.8. The van der Waals surface area contributed by atoms with Crippen molar-refractivity contribution in [1.82, 2.24) is 4.90 Å². The van der Waals surface area contributed by atoms with Crippen molar-refractivity contribution < 1.29 is 19.2 Å². The van der Waals surface area contributed by atoms with E-state index in [1.54, 1.807) is 0 Å². The van der Waals surface area contributed by atoms with Crippen LogP contribution in [0.3, 0.4) is 0 Å². The molecule has 0 N–H and O–H groups in total. The Morgan fingerprint density at radius 2 is 1.22 bits per heavy atom. The fraction of sp³-hybridized carbons (Fsp3) is 0.935. The molecule has 5 nitrogen and oxygen atoms in total. The number of aliphatic carboxylic acids is 1. The Hall–Kier alpha value is -0.940. The third-order valence-electron chi connectivity index (χ3n) is 8.34. The average Bonchev–Trinajstić information content (AvgIpc) is 2.86. The first kappa shape index (κ1) is 33.1. The van der Waals surface area contributed by atoms with Crippen molar-refractivity contribution in [2.75, 3.05) is 40.3 Å². The highest BCUT2D eigenvalue weighted by atomic mass is 16.4. The molecular formula is C31H60N2O3. The molecule has 0 saturated carbocycles. The highest BCUT2D eigenvalue weighted by molar-refractivity contribution is 5.69. The van der Waals surface area contributed by atoms with E-state index in [2.05, 4.69) is 11.8 Å². The lowest BCUT2D eigenvalue weighted by atomic mass is 9.95. The Morgan fingerprint density at radius 3 is 1.69 bits per heavy atom. The molecule has 1 fully saturated rings. The molecule has 1 rings (SSSR count). The van der Waals surface area contributed by atoms with Crippen LogP contribution >= 0.6 is 0 Å². The zero-order valence-corrected chi connectivity index (χ0v) is 24.4. The van der Waals surface area contributed by atoms with Gasteiger partial charge in [-0.1, -0.05) is 96.8 Å². The van der Waals surface area contributed by atoms with Crippen LogP contribution in [0, 0.1) is 5.92 Å². The predicted molar refractivity (Wildman–Crippen MR) is 150 cm³/mol. The Labute approximate surface area is 224 Å². The minimum absolute atomic E-state index is 0.324. The maximum Gasteiger partial charge on any atom is 0.313 e. The number of rotatable bonds is 23. The van der Waals surface area contributed by atoms with E-state index >= 15 is 0 Å². The van der Waals surface area contributed by atoms with Crippen molar-refractivity contribution in [3.05, 3.63) is 0 Å². The Bertz CT molecular complexity index is 558. The van der Waals surface area contributed by atoms with Gasteiger partial charge in [-0.15, -0.1) is 0 Å². The summed E-state index contributed by atoms with van der Waals surface area (Å²) >= 11 is 0. The van der Waals surface area contributed by atoms with E-state index in [9.17, 15) is 14.7 Å². The molecule has 36 heavy (non-hydrogen) atoms. The van der Waals surface area contributed by atoms with E-state index in [-0.39, 0.29) is 0 Å². The second kappa shape index (κ2) is 21.0. The van der Waals surface area contributed by atoms with Crippen molar-refractivity contribution in [1.29, 1.82) is 0 Å². The summed E-state index contributed by atoms with van der Waals surface area (Å²) in [5.41, 5.74) is 0. The van der Waals surface area contributed by atoms with Gasteiger partial charge in [-0.05, 0) is 52.7 Å². The van der Waals surface area contributed by atoms with Gasteiger partial charge in [0.1, 0.15) is 0 Å². The summed E-state index contributed by atoms with van der Waals surface area (Å²) in [7, 11) is 4.08. The third kappa shape index (κ3) is 15.3. The molecule has 0 aromatic carbocycles. The molecule has 1 heterocycles. The van der Waals surface area contributed by atoms with Crippen molar-refractivity contribution in [3.8, 4) is 0 Å². The summed E-state index contributed by atoms with van der Waals surface area (Å²) < 4.78 is 0.510. The predicted octanol–water partition coefficient (Wildman–Crippen LogP) is 6.48. The number of hydrogen-bond acceptors (Lipinski definition) is 4. The first-order chi connectivity index (χ1) is 17.4. The van der Waals surface area contributed by atoms with Crippen LogP contribution < -0.4 is 5.11 Å². The average molecular weight is 509 g/mol. The standard InChI is InChI=1S/C31H60N2O3/c1-4-5-6-7-8-9-10-11-12-13-14-15-16-18-22-29(31(35)36)24-28-33(26-19-17-20-27-33)30(34)23-21-25-32(2)3/h29H,4-28H2,1-3H3. The van der Waals surface area contributed by atoms with Crippen LogP contribution in [0.5, 0.6) is 0 Å². The molecule has 5 heteroatoms. The summed E-state index contributed by atoms with van der Waals surface area (Å²) in [6.45, 7) is 5.65. The van der Waals surface area contributed by atoms with Crippen LogP contribution in [0.1, 0.15) is 142 Å². The van der Waals surface area contributed by atoms with E-state index in [0.717, 1.165) is 51.7 Å². The van der Waals surface area contributed by atoms with E-state index in [1.807, 2.05) is 14.1 Å². The molecule has 0 aromatic rings. The maximum absolute atomic E-state index is 13.2. The summed E-state index contributed by atoms with van der Waals surface area (Å²) in [5.74, 6) is -1.00. The molecule has 1 atom stereocenters. The van der Waals surface area contributed by atoms with Crippen molar-refractivity contribution in [3.63, 3.8) is 0 Å². The van der Waals surface area contributed by atoms with Gasteiger partial charge in [0.2, 0.25) is 0 Å². The molecule has 1 unspecified atom stereocenters. The Balaban J connectivity index is 2.22. The number of carboxylic acids is 1. The molecule has 0 aromatic heterocycles. The Morgan fingerprint density at radius 1 is 0.722 bits per heavy atom. The molecule has 0 spiro atoms. The van der Waals surface area contributed by atoms with Crippen LogP contribution in [-0.4, -0.2) is 61.5 Å². The van der Waals surface area contributed by atoms with E-state index < -0.39 is 11.9 Å². The van der Waals surface area contributed by atoms with Crippen LogP contribution in [0.15, 0.2) is 0 Å². The van der Waals surface area contributed by atoms with Gasteiger partial charge in [0.25, 0.3) is 0 Å². The molecule has 1 aliphatic heterocycles. The van der Waals surface area contributed by atoms with Gasteiger partial charge < -0.3 is 14.8 Å². The monoisotopic (exact) mass is 508 g/mol. The molecule has 1 aliphatic rings. The number of nitrogens with zero attached hydrogens (tertiary/aromatic N) is 2. The van der Waals surface area contributed by atoms with Crippen molar-refractivity contribution in [2.45, 2.75) is 142 Å². The fourth-order valence-corrected chi connectivity index (χ4v) is 5.87. The summed E-state index contributed by atoms with van der Waals surface area (Å²) in [4.78, 5) is 27.1. The smallest absolute Gasteiger partial charge is 0.313 e. The minimum Gasteiger partial charge on any atom is -0.550 e. The zero-order chi connectivity index (χ0) is 26.5. The number of unbranched alkanes of at least 4 members (excludes halogenated alkanes) is 13. The molecule has 1 saturated heterocycles. The first-order valence-corrected chi connectivity index (χ1v) is 15.7. The van der Waals surface area contributed by atoms with Gasteiger partial charge in [-0.3, -0.25) is 4.48 Å². The highest BCUT2D eigenvalue weighted by Gasteiger charge is 2.37. The molecule has 212 valence electrons. The number of likely N-dealkylation sites (tertiary alicyclic amines) is 1. The second-order valence-corrected chi connectivity index (χ2v) is 11.9. The normalized spacial score (nSPS) is 16.3. The van der Waals surface area contributed by atoms with Gasteiger partial charge in [0.05, 0.1) is 26.1 Å². The highest BCUT2D eigenvalue weighted by Crippen LogP contribution is 2.25. The lowest BCUT2D eigenvalue weighted by molar-refractivity contribution is -0.860. The quantitative estimate of drug-likeness (QED) is 0.117. The summed E-state index contributed by atoms with van der Waals surface area (Å²) in [6.07, 6.45) is 24.4. The van der Waals surface area contributed by atoms with Crippen LogP contribution in [0.25, 0.3) is 0 Å². The second-order valence-electron chi connectivity index (χ2n) is 11.9. The molecule has 0 radical (unpaired) electrons. The van der Waals surface area contributed by atoms with Gasteiger partial charge in [-0.2, -0.15) is 0 Å². The van der Waals surface area contributed by atoms with Crippen molar-refractivity contribution in [2.24, 2.45) is 5.92 Å². The number of amides is 1. The number of piperidine rings is 1. The first-order valence-electron chi connectivity index (χ1n) is 15.7. The largest absolute Gasteiger partial charge is 0.550 e. The van der Waals surface area contributed by atoms with Crippen LogP contribution in [-0.2, 0) is 9.59 Å². The topological polar surface area (TPSA) is 60.4 Å². The van der Waals surface area contributed by atoms with Gasteiger partial charge in [0, 0.05) is 18.3 Å². The SMILES string of the molecule is CCCCCCCCCCCCCCCCC(CC[N+]1(C(=O)CCCN(C)C)CCCCC1)C(=O)[O-]. The molecule has 0 aliphatic carbocycles. The van der Waals surface area contributed by atoms with Crippen LogP contribution in [0.4, 0.5) is 0 Å². The molecular weight excluding hydrogens is 448 g/mol. The van der Waals surface area contributed by atoms with Gasteiger partial charge >= 0.3 is 5.91 Å². The van der Waals surface area contributed by atoms with Gasteiger partial charge in [-0.25, -0.2) is 4.79 Å². The number of carboxylic acid groups (broad SMARTS) is 1. The number of quaternary nitrogens is 1. The zero-order valence-electron chi connectivity index (χ0n) is 24.4.